The number of nitrogens with one attached hydrogen (secondary N) is 1. The molecule has 0 unspecified atom stereocenters. The van der Waals surface area contributed by atoms with Gasteiger partial charge in [0.25, 0.3) is 0 Å². The summed E-state index contributed by atoms with van der Waals surface area (Å²) in [6.45, 7) is 0. The zero-order valence-electron chi connectivity index (χ0n) is 15.6. The van der Waals surface area contributed by atoms with E-state index < -0.39 is 0 Å². The fraction of sp³-hybridized carbons (Fsp3) is 0.619. The summed E-state index contributed by atoms with van der Waals surface area (Å²) in [6.07, 6.45) is 7.59. The van der Waals surface area contributed by atoms with E-state index in [1.165, 1.54) is 0 Å². The van der Waals surface area contributed by atoms with Crippen LogP contribution in [-0.2, 0) is 14.4 Å². The van der Waals surface area contributed by atoms with Crippen LogP contribution in [0.25, 0.3) is 0 Å². The molecule has 2 heterocycles. The van der Waals surface area contributed by atoms with Crippen molar-refractivity contribution in [3.05, 3.63) is 23.5 Å². The summed E-state index contributed by atoms with van der Waals surface area (Å²) in [6, 6.07) is 3.41. The largest absolute Gasteiger partial charge is 0.323 e. The topological polar surface area (TPSA) is 79.4 Å². The zero-order valence-corrected chi connectivity index (χ0v) is 16.4. The first-order valence-corrected chi connectivity index (χ1v) is 10.7. The van der Waals surface area contributed by atoms with Gasteiger partial charge < -0.3 is 5.32 Å². The molecule has 0 aromatic carbocycles. The minimum atomic E-state index is -0.129. The van der Waals surface area contributed by atoms with Crippen molar-refractivity contribution in [1.29, 1.82) is 0 Å². The molecule has 7 heteroatoms. The number of carbonyl (C=O) groups is 3. The number of nitrogens with zero attached hydrogens (tertiary/aromatic N) is 2. The summed E-state index contributed by atoms with van der Waals surface area (Å²) in [5, 5.41) is 3.13. The van der Waals surface area contributed by atoms with E-state index in [4.69, 9.17) is 11.6 Å². The molecule has 1 aromatic heterocycles. The van der Waals surface area contributed by atoms with E-state index in [0.717, 1.165) is 19.3 Å². The number of amides is 3. The molecule has 1 aromatic rings. The minimum absolute atomic E-state index is 0.0453. The maximum absolute atomic E-state index is 13.0. The molecule has 1 aliphatic heterocycles. The Labute approximate surface area is 169 Å². The second-order valence-corrected chi connectivity index (χ2v) is 9.13. The van der Waals surface area contributed by atoms with Gasteiger partial charge in [-0.25, -0.2) is 4.98 Å². The Morgan fingerprint density at radius 3 is 2.29 bits per heavy atom. The Morgan fingerprint density at radius 1 is 1.04 bits per heavy atom. The van der Waals surface area contributed by atoms with Gasteiger partial charge in [-0.2, -0.15) is 0 Å². The molecule has 4 aliphatic rings. The number of imide groups is 1. The van der Waals surface area contributed by atoms with Gasteiger partial charge in [0, 0.05) is 18.2 Å². The second kappa shape index (κ2) is 6.83. The van der Waals surface area contributed by atoms with Crippen molar-refractivity contribution in [1.82, 2.24) is 9.88 Å². The van der Waals surface area contributed by atoms with Crippen molar-refractivity contribution >= 4 is 35.0 Å². The number of hydrogen-bond donors (Lipinski definition) is 1. The van der Waals surface area contributed by atoms with Gasteiger partial charge in [-0.3, -0.25) is 19.3 Å². The van der Waals surface area contributed by atoms with E-state index in [-0.39, 0.29) is 46.7 Å². The monoisotopic (exact) mass is 401 g/mol. The number of carbonyl (C=O) groups excluding carboxylic acids is 3. The summed E-state index contributed by atoms with van der Waals surface area (Å²) >= 11 is 6.02. The van der Waals surface area contributed by atoms with Crippen LogP contribution >= 0.6 is 11.6 Å². The van der Waals surface area contributed by atoms with Crippen LogP contribution in [-0.4, -0.2) is 33.6 Å². The molecule has 3 aliphatic carbocycles. The lowest BCUT2D eigenvalue weighted by Gasteiger charge is -2.33. The van der Waals surface area contributed by atoms with Crippen molar-refractivity contribution in [2.75, 3.05) is 5.32 Å². The van der Waals surface area contributed by atoms with E-state index in [0.29, 0.717) is 43.2 Å². The van der Waals surface area contributed by atoms with E-state index >= 15 is 0 Å². The molecule has 4 fully saturated rings. The van der Waals surface area contributed by atoms with Crippen LogP contribution in [0.3, 0.4) is 0 Å². The molecule has 1 saturated heterocycles. The number of fused-ring (bicyclic) bond motifs is 5. The van der Waals surface area contributed by atoms with Crippen molar-refractivity contribution in [2.24, 2.45) is 29.6 Å². The Morgan fingerprint density at radius 2 is 1.68 bits per heavy atom. The van der Waals surface area contributed by atoms with Crippen LogP contribution < -0.4 is 5.32 Å². The lowest BCUT2D eigenvalue weighted by Crippen LogP contribution is -2.44. The minimum Gasteiger partial charge on any atom is -0.323 e. The fourth-order valence-electron chi connectivity index (χ4n) is 6.10. The van der Waals surface area contributed by atoms with Gasteiger partial charge in [0.05, 0.1) is 17.5 Å². The maximum atomic E-state index is 13.0. The number of likely N-dealkylation sites (tertiary alicyclic amines) is 1. The Bertz CT molecular complexity index is 808. The van der Waals surface area contributed by atoms with Gasteiger partial charge >= 0.3 is 0 Å². The summed E-state index contributed by atoms with van der Waals surface area (Å²) < 4.78 is 0. The van der Waals surface area contributed by atoms with E-state index in [9.17, 15) is 14.4 Å². The SMILES string of the molecule is O=C(Nc1cccnc1Cl)C1CCC(N2C(=O)[C@@H]3[C@@H]4CC[C@@H](C4)[C@@H]3C2=O)CC1. The Hall–Kier alpha value is -1.95. The van der Waals surface area contributed by atoms with Crippen LogP contribution in [0.1, 0.15) is 44.9 Å². The molecule has 28 heavy (non-hydrogen) atoms. The summed E-state index contributed by atoms with van der Waals surface area (Å²) in [5.41, 5.74) is 0.518. The van der Waals surface area contributed by atoms with Gasteiger partial charge in [0.1, 0.15) is 0 Å². The molecule has 1 N–H and O–H groups in total. The summed E-state index contributed by atoms with van der Waals surface area (Å²) in [7, 11) is 0. The van der Waals surface area contributed by atoms with Crippen molar-refractivity contribution < 1.29 is 14.4 Å². The molecule has 148 valence electrons. The van der Waals surface area contributed by atoms with Crippen LogP contribution in [0, 0.1) is 29.6 Å². The van der Waals surface area contributed by atoms with Crippen molar-refractivity contribution in [2.45, 2.75) is 51.0 Å². The third-order valence-corrected chi connectivity index (χ3v) is 7.71. The summed E-state index contributed by atoms with van der Waals surface area (Å²) in [5.74, 6) is 0.665. The molecule has 3 saturated carbocycles. The molecular weight excluding hydrogens is 378 g/mol. The number of rotatable bonds is 3. The third-order valence-electron chi connectivity index (χ3n) is 7.41. The zero-order chi connectivity index (χ0) is 19.4. The third kappa shape index (κ3) is 2.76. The molecular formula is C21H24ClN3O3. The van der Waals surface area contributed by atoms with Crippen LogP contribution in [0.2, 0.25) is 5.15 Å². The molecule has 3 amide bonds. The standard InChI is InChI=1S/C21H24ClN3O3/c22-18-15(2-1-9-23-18)24-19(26)11-5-7-14(8-6-11)25-20(27)16-12-3-4-13(10-12)17(16)21(25)28/h1-2,9,11-14,16-17H,3-8,10H2,(H,24,26)/t11?,12-,13+,14?,16-,17+. The lowest BCUT2D eigenvalue weighted by molar-refractivity contribution is -0.144. The smallest absolute Gasteiger partial charge is 0.233 e. The fourth-order valence-corrected chi connectivity index (χ4v) is 6.27. The molecule has 5 rings (SSSR count). The van der Waals surface area contributed by atoms with Crippen LogP contribution in [0.15, 0.2) is 18.3 Å². The van der Waals surface area contributed by atoms with Gasteiger partial charge in [-0.15, -0.1) is 0 Å². The summed E-state index contributed by atoms with van der Waals surface area (Å²) in [4.78, 5) is 44.1. The number of halogens is 1. The van der Waals surface area contributed by atoms with E-state index in [1.54, 1.807) is 23.2 Å². The van der Waals surface area contributed by atoms with E-state index in [2.05, 4.69) is 10.3 Å². The normalized spacial score (nSPS) is 36.7. The highest BCUT2D eigenvalue weighted by molar-refractivity contribution is 6.32. The number of pyridine rings is 1. The van der Waals surface area contributed by atoms with E-state index in [1.807, 2.05) is 0 Å². The molecule has 0 radical (unpaired) electrons. The highest BCUT2D eigenvalue weighted by atomic mass is 35.5. The molecule has 0 spiro atoms. The highest BCUT2D eigenvalue weighted by Gasteiger charge is 2.61. The van der Waals surface area contributed by atoms with Crippen LogP contribution in [0.5, 0.6) is 0 Å². The Balaban J connectivity index is 1.22. The second-order valence-electron chi connectivity index (χ2n) is 8.77. The number of anilines is 1. The molecule has 2 bridgehead atoms. The lowest BCUT2D eigenvalue weighted by atomic mass is 9.81. The van der Waals surface area contributed by atoms with Gasteiger partial charge in [0.2, 0.25) is 17.7 Å². The van der Waals surface area contributed by atoms with Gasteiger partial charge in [0.15, 0.2) is 5.15 Å². The average Bonchev–Trinajstić information content (AvgIpc) is 3.38. The van der Waals surface area contributed by atoms with Crippen molar-refractivity contribution in [3.63, 3.8) is 0 Å². The maximum Gasteiger partial charge on any atom is 0.233 e. The Kier molecular flexibility index (Phi) is 4.42. The number of hydrogen-bond acceptors (Lipinski definition) is 4. The highest BCUT2D eigenvalue weighted by Crippen LogP contribution is 2.56. The quantitative estimate of drug-likeness (QED) is 0.622. The first-order chi connectivity index (χ1) is 13.5. The molecule has 4 atom stereocenters. The average molecular weight is 402 g/mol. The first kappa shape index (κ1) is 18.1. The first-order valence-electron chi connectivity index (χ1n) is 10.3. The van der Waals surface area contributed by atoms with Gasteiger partial charge in [-0.1, -0.05) is 11.6 Å². The number of aromatic nitrogens is 1. The van der Waals surface area contributed by atoms with Crippen molar-refractivity contribution in [3.8, 4) is 0 Å². The predicted molar refractivity (Wildman–Crippen MR) is 103 cm³/mol. The predicted octanol–water partition coefficient (Wildman–Crippen LogP) is 3.26. The molecule has 6 nitrogen and oxygen atoms in total. The van der Waals surface area contributed by atoms with Gasteiger partial charge in [-0.05, 0) is 68.9 Å². The van der Waals surface area contributed by atoms with Crippen LogP contribution in [0.4, 0.5) is 5.69 Å².